The van der Waals surface area contributed by atoms with Crippen molar-refractivity contribution >= 4 is 15.9 Å². The smallest absolute Gasteiger partial charge is 0.0209 e. The molecule has 0 aromatic rings. The molecule has 1 aliphatic carbocycles. The van der Waals surface area contributed by atoms with Gasteiger partial charge in [-0.15, -0.1) is 13.0 Å². The maximum atomic E-state index is 3.43. The van der Waals surface area contributed by atoms with E-state index in [1.807, 2.05) is 0 Å². The Bertz CT molecular complexity index is 209. The van der Waals surface area contributed by atoms with Gasteiger partial charge in [0, 0.05) is 31.5 Å². The van der Waals surface area contributed by atoms with Gasteiger partial charge in [-0.05, 0) is 5.41 Å². The molecule has 0 amide bonds. The first-order valence-corrected chi connectivity index (χ1v) is 5.59. The zero-order valence-corrected chi connectivity index (χ0v) is 13.3. The van der Waals surface area contributed by atoms with E-state index in [-0.39, 0.29) is 26.2 Å². The first-order chi connectivity index (χ1) is 6.02. The Morgan fingerprint density at radius 2 is 2.07 bits per heavy atom. The van der Waals surface area contributed by atoms with Crippen molar-refractivity contribution in [3.8, 4) is 0 Å². The molecule has 0 atom stereocenters. The summed E-state index contributed by atoms with van der Waals surface area (Å²) in [5.41, 5.74) is 1.65. The number of halogens is 1. The Morgan fingerprint density at radius 1 is 1.57 bits per heavy atom. The average molecular weight is 333 g/mol. The van der Waals surface area contributed by atoms with E-state index >= 15 is 0 Å². The van der Waals surface area contributed by atoms with Gasteiger partial charge in [-0.1, -0.05) is 42.8 Å². The van der Waals surface area contributed by atoms with E-state index in [0.717, 1.165) is 11.8 Å². The zero-order chi connectivity index (χ0) is 10.3. The van der Waals surface area contributed by atoms with Crippen LogP contribution in [0.5, 0.6) is 0 Å². The van der Waals surface area contributed by atoms with E-state index in [1.54, 1.807) is 6.08 Å². The Labute approximate surface area is 116 Å². The molecule has 2 heteroatoms. The fourth-order valence-electron chi connectivity index (χ4n) is 0.920. The van der Waals surface area contributed by atoms with Gasteiger partial charge in [0.25, 0.3) is 0 Å². The third-order valence-corrected chi connectivity index (χ3v) is 2.07. The molecule has 14 heavy (non-hydrogen) atoms. The van der Waals surface area contributed by atoms with Gasteiger partial charge in [-0.3, -0.25) is 6.08 Å². The maximum Gasteiger partial charge on any atom is 0.0209 e. The fraction of sp³-hybridized carbons (Fsp3) is 0.500. The minimum Gasteiger partial charge on any atom is -0.269 e. The van der Waals surface area contributed by atoms with Crippen molar-refractivity contribution in [2.24, 2.45) is 5.41 Å². The first-order valence-electron chi connectivity index (χ1n) is 4.47. The monoisotopic (exact) mass is 331 g/mol. The van der Waals surface area contributed by atoms with Gasteiger partial charge in [-0.2, -0.15) is 6.08 Å². The molecular formula is C12H18BrZr-. The summed E-state index contributed by atoms with van der Waals surface area (Å²) in [5, 5.41) is 0.896. The summed E-state index contributed by atoms with van der Waals surface area (Å²) in [6.45, 7) is 10.1. The minimum absolute atomic E-state index is 0. The van der Waals surface area contributed by atoms with Crippen LogP contribution in [0.25, 0.3) is 0 Å². The molecule has 0 saturated heterocycles. The van der Waals surface area contributed by atoms with Gasteiger partial charge >= 0.3 is 0 Å². The number of rotatable bonds is 1. The molecule has 0 aliphatic heterocycles. The quantitative estimate of drug-likeness (QED) is 0.382. The Morgan fingerprint density at radius 3 is 2.21 bits per heavy atom. The summed E-state index contributed by atoms with van der Waals surface area (Å²) in [7, 11) is 0. The Balaban J connectivity index is 0. The summed E-state index contributed by atoms with van der Waals surface area (Å²) in [4.78, 5) is 0. The Hall–Kier alpha value is 0.583. The molecule has 0 unspecified atom stereocenters. The largest absolute Gasteiger partial charge is 0.269 e. The molecule has 0 spiro atoms. The van der Waals surface area contributed by atoms with Gasteiger partial charge in [0.1, 0.15) is 0 Å². The van der Waals surface area contributed by atoms with Crippen LogP contribution < -0.4 is 0 Å². The van der Waals surface area contributed by atoms with Crippen LogP contribution in [0.3, 0.4) is 0 Å². The van der Waals surface area contributed by atoms with Crippen molar-refractivity contribution in [3.05, 3.63) is 36.5 Å². The summed E-state index contributed by atoms with van der Waals surface area (Å²) in [6.07, 6.45) is 10.4. The molecule has 1 aliphatic rings. The molecule has 0 saturated carbocycles. The van der Waals surface area contributed by atoms with Gasteiger partial charge < -0.3 is 0 Å². The molecule has 0 aromatic heterocycles. The number of hydrogen-bond donors (Lipinski definition) is 0. The maximum absolute atomic E-state index is 3.43. The Kier molecular flexibility index (Phi) is 10.8. The first kappa shape index (κ1) is 17.0. The number of alkyl halides is 1. The van der Waals surface area contributed by atoms with E-state index < -0.39 is 0 Å². The third-order valence-electron chi connectivity index (χ3n) is 1.61. The molecule has 0 fully saturated rings. The van der Waals surface area contributed by atoms with E-state index in [2.05, 4.69) is 61.5 Å². The normalized spacial score (nSPS) is 13.6. The molecule has 0 nitrogen and oxygen atoms in total. The summed E-state index contributed by atoms with van der Waals surface area (Å²) in [6, 6.07) is 0. The van der Waals surface area contributed by atoms with Crippen LogP contribution in [-0.2, 0) is 26.2 Å². The molecule has 0 radical (unpaired) electrons. The topological polar surface area (TPSA) is 0 Å². The predicted molar refractivity (Wildman–Crippen MR) is 64.0 cm³/mol. The second kappa shape index (κ2) is 8.86. The van der Waals surface area contributed by atoms with Crippen molar-refractivity contribution in [2.45, 2.75) is 27.2 Å². The molecular weight excluding hydrogens is 315 g/mol. The summed E-state index contributed by atoms with van der Waals surface area (Å²) < 4.78 is 0. The fourth-order valence-corrected chi connectivity index (χ4v) is 0.920. The van der Waals surface area contributed by atoms with Gasteiger partial charge in [0.05, 0.1) is 0 Å². The molecule has 78 valence electrons. The van der Waals surface area contributed by atoms with Crippen molar-refractivity contribution < 1.29 is 26.2 Å². The second-order valence-corrected chi connectivity index (χ2v) is 4.54. The molecule has 0 bridgehead atoms. The van der Waals surface area contributed by atoms with Crippen LogP contribution in [0.4, 0.5) is 0 Å². The molecule has 0 aromatic carbocycles. The van der Waals surface area contributed by atoms with Crippen LogP contribution in [-0.4, -0.2) is 5.33 Å². The molecule has 0 N–H and O–H groups in total. The summed E-state index contributed by atoms with van der Waals surface area (Å²) >= 11 is 3.13. The standard InChI is InChI=1S/C9H13.C3H5Br.Zr/c1-9(2,3)8-6-4-5-7-8;1-2-3-4;/h4,6H,5H2,1-3H3;2H,1,3H2;/q-1;;. The molecule has 0 heterocycles. The van der Waals surface area contributed by atoms with Crippen LogP contribution >= 0.6 is 15.9 Å². The van der Waals surface area contributed by atoms with Crippen LogP contribution in [0.2, 0.25) is 0 Å². The van der Waals surface area contributed by atoms with E-state index in [0.29, 0.717) is 5.41 Å². The van der Waals surface area contributed by atoms with Crippen molar-refractivity contribution in [3.63, 3.8) is 0 Å². The van der Waals surface area contributed by atoms with E-state index in [4.69, 9.17) is 0 Å². The minimum atomic E-state index is 0. The number of allylic oxidation sites excluding steroid dienone is 5. The van der Waals surface area contributed by atoms with E-state index in [9.17, 15) is 0 Å². The molecule has 1 rings (SSSR count). The van der Waals surface area contributed by atoms with Crippen molar-refractivity contribution in [2.75, 3.05) is 5.33 Å². The van der Waals surface area contributed by atoms with Crippen molar-refractivity contribution in [1.82, 2.24) is 0 Å². The SMILES string of the molecule is C=CCBr.CC(C)(C)C1=[C-]CC=C1.[Zr]. The summed E-state index contributed by atoms with van der Waals surface area (Å²) in [5.74, 6) is 0. The van der Waals surface area contributed by atoms with Gasteiger partial charge in [-0.25, -0.2) is 11.6 Å². The van der Waals surface area contributed by atoms with Crippen LogP contribution in [0.1, 0.15) is 27.2 Å². The third kappa shape index (κ3) is 7.94. The van der Waals surface area contributed by atoms with Crippen LogP contribution in [0.15, 0.2) is 30.4 Å². The van der Waals surface area contributed by atoms with Gasteiger partial charge in [0.15, 0.2) is 0 Å². The van der Waals surface area contributed by atoms with Crippen molar-refractivity contribution in [1.29, 1.82) is 0 Å². The zero-order valence-electron chi connectivity index (χ0n) is 9.23. The van der Waals surface area contributed by atoms with E-state index in [1.165, 1.54) is 5.57 Å². The predicted octanol–water partition coefficient (Wildman–Crippen LogP) is 4.29. The van der Waals surface area contributed by atoms with Gasteiger partial charge in [0.2, 0.25) is 0 Å². The number of hydrogen-bond acceptors (Lipinski definition) is 0. The van der Waals surface area contributed by atoms with Crippen LogP contribution in [0, 0.1) is 11.5 Å². The second-order valence-electron chi connectivity index (χ2n) is 3.89. The average Bonchev–Trinajstić information content (AvgIpc) is 2.55.